The van der Waals surface area contributed by atoms with E-state index in [2.05, 4.69) is 5.32 Å². The van der Waals surface area contributed by atoms with Gasteiger partial charge >= 0.3 is 12.2 Å². The molecule has 0 aliphatic carbocycles. The highest BCUT2D eigenvalue weighted by molar-refractivity contribution is 5.89. The predicted octanol–water partition coefficient (Wildman–Crippen LogP) is 3.78. The van der Waals surface area contributed by atoms with Crippen LogP contribution < -0.4 is 10.6 Å². The van der Waals surface area contributed by atoms with Crippen molar-refractivity contribution in [3.8, 4) is 0 Å². The molecule has 0 bridgehead atoms. The van der Waals surface area contributed by atoms with E-state index in [1.807, 2.05) is 0 Å². The van der Waals surface area contributed by atoms with Crippen molar-refractivity contribution >= 4 is 11.7 Å². The van der Waals surface area contributed by atoms with Crippen LogP contribution in [0.5, 0.6) is 0 Å². The van der Waals surface area contributed by atoms with Gasteiger partial charge in [0, 0.05) is 12.6 Å². The smallest absolute Gasteiger partial charge is 0.319 e. The summed E-state index contributed by atoms with van der Waals surface area (Å²) < 4.78 is 64.7. The van der Waals surface area contributed by atoms with Crippen LogP contribution in [0.3, 0.4) is 0 Å². The number of hydrogen-bond donors (Lipinski definition) is 2. The van der Waals surface area contributed by atoms with Gasteiger partial charge in [-0.25, -0.2) is 13.6 Å². The van der Waals surface area contributed by atoms with E-state index in [1.165, 1.54) is 29.6 Å². The van der Waals surface area contributed by atoms with E-state index in [-0.39, 0.29) is 19.5 Å². The Morgan fingerprint density at radius 3 is 1.90 bits per heavy atom. The van der Waals surface area contributed by atoms with Crippen molar-refractivity contribution in [2.75, 3.05) is 5.32 Å². The molecule has 0 aliphatic rings. The maximum absolute atomic E-state index is 13.2. The Morgan fingerprint density at radius 2 is 1.50 bits per heavy atom. The van der Waals surface area contributed by atoms with Gasteiger partial charge in [-0.3, -0.25) is 0 Å². The fourth-order valence-electron chi connectivity index (χ4n) is 1.34. The number of anilines is 1. The van der Waals surface area contributed by atoms with Crippen molar-refractivity contribution in [1.29, 1.82) is 0 Å². The molecule has 2 amide bonds. The van der Waals surface area contributed by atoms with Crippen molar-refractivity contribution in [3.05, 3.63) is 30.3 Å². The summed E-state index contributed by atoms with van der Waals surface area (Å²) in [5, 5.41) is 3.36. The molecule has 0 fully saturated rings. The molecule has 0 saturated heterocycles. The molecule has 8 heteroatoms. The molecule has 0 spiro atoms. The minimum atomic E-state index is -5.31. The molecule has 0 aliphatic heterocycles. The molecule has 3 nitrogen and oxygen atoms in total. The normalized spacial score (nSPS) is 15.3. The molecule has 0 aromatic heterocycles. The summed E-state index contributed by atoms with van der Waals surface area (Å²) in [6.07, 6.45) is -5.31. The Balaban J connectivity index is 2.90. The third-order valence-corrected chi connectivity index (χ3v) is 2.84. The third-order valence-electron chi connectivity index (χ3n) is 2.84. The first-order chi connectivity index (χ1) is 8.97. The summed E-state index contributed by atoms with van der Waals surface area (Å²) >= 11 is 0. The highest BCUT2D eigenvalue weighted by atomic mass is 19.4. The van der Waals surface area contributed by atoms with E-state index in [0.29, 0.717) is 0 Å². The van der Waals surface area contributed by atoms with Gasteiger partial charge in [0.05, 0.1) is 0 Å². The van der Waals surface area contributed by atoms with E-state index in [9.17, 15) is 26.7 Å². The van der Waals surface area contributed by atoms with Crippen molar-refractivity contribution in [2.24, 2.45) is 0 Å². The molecule has 20 heavy (non-hydrogen) atoms. The van der Waals surface area contributed by atoms with Crippen molar-refractivity contribution in [1.82, 2.24) is 5.32 Å². The van der Waals surface area contributed by atoms with Gasteiger partial charge in [-0.2, -0.15) is 13.2 Å². The lowest BCUT2D eigenvalue weighted by Crippen LogP contribution is -2.66. The number of nitrogens with one attached hydrogen (secondary N) is 2. The van der Waals surface area contributed by atoms with Gasteiger partial charge in [0.2, 0.25) is 0 Å². The number of hydrogen-bond acceptors (Lipinski definition) is 1. The number of rotatable bonds is 3. The van der Waals surface area contributed by atoms with Crippen LogP contribution in [0.1, 0.15) is 13.8 Å². The number of para-hydroxylation sites is 1. The molecule has 0 radical (unpaired) electrons. The van der Waals surface area contributed by atoms with Gasteiger partial charge in [-0.05, 0) is 19.1 Å². The van der Waals surface area contributed by atoms with Crippen molar-refractivity contribution in [3.63, 3.8) is 0 Å². The Kier molecular flexibility index (Phi) is 4.26. The van der Waals surface area contributed by atoms with Crippen LogP contribution in [0.4, 0.5) is 32.4 Å². The van der Waals surface area contributed by atoms with Crippen LogP contribution in [0.2, 0.25) is 0 Å². The Labute approximate surface area is 112 Å². The van der Waals surface area contributed by atoms with Crippen LogP contribution in [-0.2, 0) is 0 Å². The zero-order valence-corrected chi connectivity index (χ0v) is 10.7. The average Bonchev–Trinajstić information content (AvgIpc) is 2.26. The van der Waals surface area contributed by atoms with E-state index in [1.54, 1.807) is 6.07 Å². The standard InChI is InChI=1S/C12H13F5N2O/c1-10(11(2,13)14,12(15,16)17)19-9(20)18-8-6-4-3-5-7-8/h3-7H,1-2H3,(H2,18,19,20). The third kappa shape index (κ3) is 3.37. The molecule has 2 N–H and O–H groups in total. The topological polar surface area (TPSA) is 41.1 Å². The van der Waals surface area contributed by atoms with Gasteiger partial charge in [0.1, 0.15) is 0 Å². The van der Waals surface area contributed by atoms with Crippen LogP contribution in [0.25, 0.3) is 0 Å². The number of carbonyl (C=O) groups excluding carboxylic acids is 1. The number of halogens is 5. The molecule has 1 aromatic carbocycles. The second-order valence-corrected chi connectivity index (χ2v) is 4.46. The number of carbonyl (C=O) groups is 1. The summed E-state index contributed by atoms with van der Waals surface area (Å²) in [6.45, 7) is 0.334. The average molecular weight is 296 g/mol. The fourth-order valence-corrected chi connectivity index (χ4v) is 1.34. The fraction of sp³-hybridized carbons (Fsp3) is 0.417. The summed E-state index contributed by atoms with van der Waals surface area (Å²) in [5.74, 6) is -4.18. The Hall–Kier alpha value is -1.86. The quantitative estimate of drug-likeness (QED) is 0.819. The van der Waals surface area contributed by atoms with Gasteiger partial charge < -0.3 is 10.6 Å². The Morgan fingerprint density at radius 1 is 1.00 bits per heavy atom. The van der Waals surface area contributed by atoms with E-state index in [0.717, 1.165) is 0 Å². The summed E-state index contributed by atoms with van der Waals surface area (Å²) in [6, 6.07) is 6.16. The molecular weight excluding hydrogens is 283 g/mol. The minimum Gasteiger partial charge on any atom is -0.319 e. The van der Waals surface area contributed by atoms with Gasteiger partial charge in [-0.1, -0.05) is 18.2 Å². The lowest BCUT2D eigenvalue weighted by atomic mass is 9.94. The predicted molar refractivity (Wildman–Crippen MR) is 63.7 cm³/mol. The van der Waals surface area contributed by atoms with Crippen molar-refractivity contribution in [2.45, 2.75) is 31.5 Å². The monoisotopic (exact) mass is 296 g/mol. The van der Waals surface area contributed by atoms with Gasteiger partial charge in [0.25, 0.3) is 5.92 Å². The molecule has 112 valence electrons. The zero-order valence-electron chi connectivity index (χ0n) is 10.7. The van der Waals surface area contributed by atoms with Crippen LogP contribution in [0, 0.1) is 0 Å². The number of urea groups is 1. The lowest BCUT2D eigenvalue weighted by molar-refractivity contribution is -0.249. The molecule has 0 saturated carbocycles. The molecule has 1 unspecified atom stereocenters. The van der Waals surface area contributed by atoms with Gasteiger partial charge in [-0.15, -0.1) is 0 Å². The minimum absolute atomic E-state index is 0.100. The molecular formula is C12H13F5N2O. The van der Waals surface area contributed by atoms with Crippen LogP contribution >= 0.6 is 0 Å². The van der Waals surface area contributed by atoms with E-state index >= 15 is 0 Å². The summed E-state index contributed by atoms with van der Waals surface area (Å²) in [5.41, 5.74) is -3.48. The zero-order chi connectivity index (χ0) is 15.6. The summed E-state index contributed by atoms with van der Waals surface area (Å²) in [4.78, 5) is 11.5. The van der Waals surface area contributed by atoms with Gasteiger partial charge in [0.15, 0.2) is 5.54 Å². The molecule has 1 aromatic rings. The highest BCUT2D eigenvalue weighted by Gasteiger charge is 2.65. The second kappa shape index (κ2) is 5.26. The highest BCUT2D eigenvalue weighted by Crippen LogP contribution is 2.41. The van der Waals surface area contributed by atoms with E-state index in [4.69, 9.17) is 0 Å². The van der Waals surface area contributed by atoms with Crippen LogP contribution in [0.15, 0.2) is 30.3 Å². The maximum atomic E-state index is 13.2. The number of benzene rings is 1. The SMILES string of the molecule is CC(F)(F)C(C)(NC(=O)Nc1ccccc1)C(F)(F)F. The molecule has 1 atom stereocenters. The van der Waals surface area contributed by atoms with Crippen molar-refractivity contribution < 1.29 is 26.7 Å². The molecule has 0 heterocycles. The number of amides is 2. The second-order valence-electron chi connectivity index (χ2n) is 4.46. The maximum Gasteiger partial charge on any atom is 0.417 e. The lowest BCUT2D eigenvalue weighted by Gasteiger charge is -2.37. The molecule has 1 rings (SSSR count). The first-order valence-electron chi connectivity index (χ1n) is 5.56. The first kappa shape index (κ1) is 16.2. The largest absolute Gasteiger partial charge is 0.417 e. The first-order valence-corrected chi connectivity index (χ1v) is 5.56. The number of alkyl halides is 5. The summed E-state index contributed by atoms with van der Waals surface area (Å²) in [7, 11) is 0. The van der Waals surface area contributed by atoms with Crippen LogP contribution in [-0.4, -0.2) is 23.7 Å². The Bertz CT molecular complexity index is 453. The van der Waals surface area contributed by atoms with E-state index < -0.39 is 23.7 Å².